The van der Waals surface area contributed by atoms with Crippen molar-refractivity contribution >= 4 is 11.6 Å². The van der Waals surface area contributed by atoms with Crippen LogP contribution in [0.15, 0.2) is 18.7 Å². The van der Waals surface area contributed by atoms with Crippen LogP contribution < -0.4 is 0 Å². The number of rotatable bonds is 2. The molecule has 0 unspecified atom stereocenters. The van der Waals surface area contributed by atoms with E-state index in [1.54, 1.807) is 12.4 Å². The Morgan fingerprint density at radius 1 is 1.12 bits per heavy atom. The van der Waals surface area contributed by atoms with Crippen LogP contribution in [0.1, 0.15) is 31.2 Å². The molecule has 17 heavy (non-hydrogen) atoms. The quantitative estimate of drug-likeness (QED) is 0.767. The summed E-state index contributed by atoms with van der Waals surface area (Å²) in [6.45, 7) is 5.97. The van der Waals surface area contributed by atoms with Crippen LogP contribution in [0.3, 0.4) is 0 Å². The summed E-state index contributed by atoms with van der Waals surface area (Å²) in [4.78, 5) is 16.8. The molecule has 4 nitrogen and oxygen atoms in total. The van der Waals surface area contributed by atoms with Crippen molar-refractivity contribution in [1.29, 1.82) is 0 Å². The molecule has 0 radical (unpaired) electrons. The third-order valence-corrected chi connectivity index (χ3v) is 2.82. The van der Waals surface area contributed by atoms with Gasteiger partial charge in [-0.1, -0.05) is 25.4 Å². The molecule has 2 heterocycles. The molecule has 0 saturated carbocycles. The van der Waals surface area contributed by atoms with Gasteiger partial charge in [0.1, 0.15) is 17.3 Å². The SMILES string of the molecule is Cc1c(Cl)nc(C(C)C)nc1-c1cncnc1. The highest BCUT2D eigenvalue weighted by Gasteiger charge is 2.13. The monoisotopic (exact) mass is 248 g/mol. The summed E-state index contributed by atoms with van der Waals surface area (Å²) in [5.41, 5.74) is 2.51. The highest BCUT2D eigenvalue weighted by Crippen LogP contribution is 2.26. The van der Waals surface area contributed by atoms with Gasteiger partial charge < -0.3 is 0 Å². The third-order valence-electron chi connectivity index (χ3n) is 2.45. The lowest BCUT2D eigenvalue weighted by Crippen LogP contribution is -2.02. The molecule has 0 amide bonds. The van der Waals surface area contributed by atoms with Crippen LogP contribution in [0.4, 0.5) is 0 Å². The fraction of sp³-hybridized carbons (Fsp3) is 0.333. The van der Waals surface area contributed by atoms with E-state index in [0.717, 1.165) is 22.6 Å². The van der Waals surface area contributed by atoms with Crippen molar-refractivity contribution in [3.8, 4) is 11.3 Å². The van der Waals surface area contributed by atoms with Crippen molar-refractivity contribution in [2.75, 3.05) is 0 Å². The molecule has 2 aromatic heterocycles. The van der Waals surface area contributed by atoms with Gasteiger partial charge in [-0.25, -0.2) is 19.9 Å². The van der Waals surface area contributed by atoms with Gasteiger partial charge in [-0.3, -0.25) is 0 Å². The van der Waals surface area contributed by atoms with Gasteiger partial charge in [0.15, 0.2) is 0 Å². The molecule has 2 aromatic rings. The topological polar surface area (TPSA) is 51.6 Å². The van der Waals surface area contributed by atoms with Crippen molar-refractivity contribution in [3.63, 3.8) is 0 Å². The molecule has 0 aliphatic carbocycles. The van der Waals surface area contributed by atoms with Crippen LogP contribution in [0.2, 0.25) is 5.15 Å². The average Bonchev–Trinajstić information content (AvgIpc) is 2.33. The fourth-order valence-electron chi connectivity index (χ4n) is 1.47. The lowest BCUT2D eigenvalue weighted by atomic mass is 10.1. The average molecular weight is 249 g/mol. The lowest BCUT2D eigenvalue weighted by Gasteiger charge is -2.10. The first-order valence-electron chi connectivity index (χ1n) is 5.39. The number of hydrogen-bond donors (Lipinski definition) is 0. The summed E-state index contributed by atoms with van der Waals surface area (Å²) in [5.74, 6) is 0.968. The van der Waals surface area contributed by atoms with Crippen molar-refractivity contribution in [2.24, 2.45) is 0 Å². The zero-order chi connectivity index (χ0) is 12.4. The predicted molar refractivity (Wildman–Crippen MR) is 66.9 cm³/mol. The Kier molecular flexibility index (Phi) is 3.33. The molecule has 0 aliphatic heterocycles. The molecular formula is C12H13ClN4. The molecular weight excluding hydrogens is 236 g/mol. The van der Waals surface area contributed by atoms with Crippen molar-refractivity contribution in [1.82, 2.24) is 19.9 Å². The van der Waals surface area contributed by atoms with Crippen LogP contribution in [-0.4, -0.2) is 19.9 Å². The van der Waals surface area contributed by atoms with Crippen LogP contribution in [0, 0.1) is 6.92 Å². The minimum atomic E-state index is 0.233. The van der Waals surface area contributed by atoms with Crippen LogP contribution in [0.25, 0.3) is 11.3 Å². The molecule has 0 spiro atoms. The van der Waals surface area contributed by atoms with Gasteiger partial charge in [-0.2, -0.15) is 0 Å². The Labute approximate surface area is 105 Å². The fourth-order valence-corrected chi connectivity index (χ4v) is 1.64. The maximum absolute atomic E-state index is 6.12. The molecule has 2 rings (SSSR count). The van der Waals surface area contributed by atoms with Gasteiger partial charge in [0, 0.05) is 29.4 Å². The smallest absolute Gasteiger partial charge is 0.136 e. The number of aromatic nitrogens is 4. The van der Waals surface area contributed by atoms with E-state index in [1.165, 1.54) is 6.33 Å². The van der Waals surface area contributed by atoms with Crippen LogP contribution >= 0.6 is 11.6 Å². The summed E-state index contributed by atoms with van der Waals surface area (Å²) >= 11 is 6.12. The van der Waals surface area contributed by atoms with Crippen molar-refractivity contribution < 1.29 is 0 Å². The number of hydrogen-bond acceptors (Lipinski definition) is 4. The van der Waals surface area contributed by atoms with Crippen molar-refractivity contribution in [2.45, 2.75) is 26.7 Å². The van der Waals surface area contributed by atoms with E-state index in [4.69, 9.17) is 11.6 Å². The van der Waals surface area contributed by atoms with E-state index >= 15 is 0 Å². The Balaban J connectivity index is 2.61. The molecule has 0 aromatic carbocycles. The zero-order valence-corrected chi connectivity index (χ0v) is 10.7. The first-order chi connectivity index (χ1) is 8.09. The normalized spacial score (nSPS) is 10.9. The maximum Gasteiger partial charge on any atom is 0.136 e. The Bertz CT molecular complexity index is 526. The first-order valence-corrected chi connectivity index (χ1v) is 5.76. The van der Waals surface area contributed by atoms with Gasteiger partial charge in [0.2, 0.25) is 0 Å². The number of halogens is 1. The molecule has 5 heteroatoms. The molecule has 0 bridgehead atoms. The van der Waals surface area contributed by atoms with E-state index in [1.807, 2.05) is 20.8 Å². The van der Waals surface area contributed by atoms with E-state index in [-0.39, 0.29) is 5.92 Å². The predicted octanol–water partition coefficient (Wildman–Crippen LogP) is 3.02. The molecule has 88 valence electrons. The highest BCUT2D eigenvalue weighted by molar-refractivity contribution is 6.30. The molecule has 0 saturated heterocycles. The summed E-state index contributed by atoms with van der Waals surface area (Å²) in [7, 11) is 0. The minimum absolute atomic E-state index is 0.233. The van der Waals surface area contributed by atoms with Crippen LogP contribution in [-0.2, 0) is 0 Å². The van der Waals surface area contributed by atoms with Gasteiger partial charge in [-0.15, -0.1) is 0 Å². The molecule has 0 atom stereocenters. The van der Waals surface area contributed by atoms with Crippen LogP contribution in [0.5, 0.6) is 0 Å². The van der Waals surface area contributed by atoms with Gasteiger partial charge in [-0.05, 0) is 6.92 Å². The Morgan fingerprint density at radius 2 is 1.76 bits per heavy atom. The molecule has 0 N–H and O–H groups in total. The summed E-state index contributed by atoms with van der Waals surface area (Å²) in [6, 6.07) is 0. The van der Waals surface area contributed by atoms with E-state index in [0.29, 0.717) is 5.15 Å². The minimum Gasteiger partial charge on any atom is -0.244 e. The first kappa shape index (κ1) is 11.9. The second kappa shape index (κ2) is 4.75. The summed E-state index contributed by atoms with van der Waals surface area (Å²) < 4.78 is 0. The summed E-state index contributed by atoms with van der Waals surface area (Å²) in [6.07, 6.45) is 4.94. The second-order valence-corrected chi connectivity index (χ2v) is 4.49. The third kappa shape index (κ3) is 2.42. The van der Waals surface area contributed by atoms with E-state index < -0.39 is 0 Å². The standard InChI is InChI=1S/C12H13ClN4/c1-7(2)12-16-10(8(3)11(13)17-12)9-4-14-6-15-5-9/h4-7H,1-3H3. The Hall–Kier alpha value is -1.55. The van der Waals surface area contributed by atoms with Crippen molar-refractivity contribution in [3.05, 3.63) is 35.3 Å². The highest BCUT2D eigenvalue weighted by atomic mass is 35.5. The largest absolute Gasteiger partial charge is 0.244 e. The molecule has 0 fully saturated rings. The Morgan fingerprint density at radius 3 is 2.35 bits per heavy atom. The lowest BCUT2D eigenvalue weighted by molar-refractivity contribution is 0.773. The summed E-state index contributed by atoms with van der Waals surface area (Å²) in [5, 5.41) is 0.488. The second-order valence-electron chi connectivity index (χ2n) is 4.13. The van der Waals surface area contributed by atoms with E-state index in [2.05, 4.69) is 19.9 Å². The zero-order valence-electron chi connectivity index (χ0n) is 9.98. The van der Waals surface area contributed by atoms with Gasteiger partial charge in [0.05, 0.1) is 5.69 Å². The number of nitrogens with zero attached hydrogens (tertiary/aromatic N) is 4. The maximum atomic E-state index is 6.12. The molecule has 0 aliphatic rings. The van der Waals surface area contributed by atoms with Gasteiger partial charge >= 0.3 is 0 Å². The van der Waals surface area contributed by atoms with E-state index in [9.17, 15) is 0 Å². The van der Waals surface area contributed by atoms with Gasteiger partial charge in [0.25, 0.3) is 0 Å².